The van der Waals surface area contributed by atoms with E-state index in [0.29, 0.717) is 31.7 Å². The molecule has 2 aromatic carbocycles. The Balaban J connectivity index is 1.77. The molecule has 1 N–H and O–H groups in total. The number of benzene rings is 2. The molecule has 0 radical (unpaired) electrons. The minimum absolute atomic E-state index is 0.0754. The molecule has 26 heavy (non-hydrogen) atoms. The van der Waals surface area contributed by atoms with E-state index in [1.54, 1.807) is 12.0 Å². The van der Waals surface area contributed by atoms with Gasteiger partial charge in [0, 0.05) is 38.8 Å². The second kappa shape index (κ2) is 8.63. The molecule has 0 aromatic heterocycles. The van der Waals surface area contributed by atoms with Crippen molar-refractivity contribution >= 4 is 11.8 Å². The number of hydrogen-bond acceptors (Lipinski definition) is 3. The number of ether oxygens (including phenoxy) is 1. The van der Waals surface area contributed by atoms with Crippen LogP contribution in [0.15, 0.2) is 54.6 Å². The summed E-state index contributed by atoms with van der Waals surface area (Å²) < 4.78 is 5.02. The molecule has 0 spiro atoms. The monoisotopic (exact) mass is 352 g/mol. The molecule has 0 aliphatic carbocycles. The topological polar surface area (TPSA) is 58.6 Å². The van der Waals surface area contributed by atoms with Gasteiger partial charge in [-0.1, -0.05) is 48.5 Å². The second-order valence-corrected chi connectivity index (χ2v) is 6.43. The highest BCUT2D eigenvalue weighted by molar-refractivity contribution is 6.01. The van der Waals surface area contributed by atoms with Gasteiger partial charge in [-0.05, 0) is 23.6 Å². The Labute approximate surface area is 154 Å². The summed E-state index contributed by atoms with van der Waals surface area (Å²) in [6.45, 7) is 1.60. The van der Waals surface area contributed by atoms with Crippen LogP contribution >= 0.6 is 0 Å². The molecule has 136 valence electrons. The lowest BCUT2D eigenvalue weighted by Crippen LogP contribution is -2.48. The molecule has 0 saturated carbocycles. The maximum absolute atomic E-state index is 12.8. The molecule has 2 aromatic rings. The first-order valence-electron chi connectivity index (χ1n) is 8.90. The molecular formula is C21H24N2O3. The van der Waals surface area contributed by atoms with Gasteiger partial charge in [0.25, 0.3) is 5.91 Å². The molecule has 1 heterocycles. The van der Waals surface area contributed by atoms with Crippen LogP contribution in [0.3, 0.4) is 0 Å². The Morgan fingerprint density at radius 1 is 1.15 bits per heavy atom. The van der Waals surface area contributed by atoms with E-state index in [1.807, 2.05) is 54.6 Å². The van der Waals surface area contributed by atoms with Gasteiger partial charge in [-0.25, -0.2) is 0 Å². The molecule has 0 saturated heterocycles. The molecule has 5 heteroatoms. The fraction of sp³-hybridized carbons (Fsp3) is 0.333. The third-order valence-corrected chi connectivity index (χ3v) is 4.62. The predicted molar refractivity (Wildman–Crippen MR) is 99.8 cm³/mol. The van der Waals surface area contributed by atoms with E-state index in [9.17, 15) is 9.59 Å². The highest BCUT2D eigenvalue weighted by Crippen LogP contribution is 2.25. The predicted octanol–water partition coefficient (Wildman–Crippen LogP) is 2.41. The van der Waals surface area contributed by atoms with Crippen molar-refractivity contribution in [2.45, 2.75) is 25.4 Å². The van der Waals surface area contributed by atoms with Crippen molar-refractivity contribution in [1.29, 1.82) is 0 Å². The lowest BCUT2D eigenvalue weighted by atomic mass is 10.0. The van der Waals surface area contributed by atoms with Gasteiger partial charge < -0.3 is 15.0 Å². The molecule has 1 aliphatic heterocycles. The fourth-order valence-corrected chi connectivity index (χ4v) is 3.26. The number of carbonyl (C=O) groups excluding carboxylic acids is 2. The molecule has 1 atom stereocenters. The summed E-state index contributed by atoms with van der Waals surface area (Å²) in [6, 6.07) is 16.8. The van der Waals surface area contributed by atoms with Gasteiger partial charge in [0.2, 0.25) is 5.91 Å². The first-order chi connectivity index (χ1) is 12.7. The molecule has 1 unspecified atom stereocenters. The maximum atomic E-state index is 12.8. The van der Waals surface area contributed by atoms with E-state index < -0.39 is 6.04 Å². The largest absolute Gasteiger partial charge is 0.385 e. The number of fused-ring (bicyclic) bond motifs is 1. The maximum Gasteiger partial charge on any atom is 0.255 e. The minimum atomic E-state index is -0.528. The summed E-state index contributed by atoms with van der Waals surface area (Å²) in [6.07, 6.45) is 1.24. The van der Waals surface area contributed by atoms with E-state index in [-0.39, 0.29) is 11.8 Å². The average molecular weight is 352 g/mol. The van der Waals surface area contributed by atoms with Gasteiger partial charge >= 0.3 is 0 Å². The van der Waals surface area contributed by atoms with Crippen LogP contribution in [0.2, 0.25) is 0 Å². The normalized spacial score (nSPS) is 14.2. The average Bonchev–Trinajstić information content (AvgIpc) is 3.01. The Kier molecular flexibility index (Phi) is 6.02. The Morgan fingerprint density at radius 3 is 2.62 bits per heavy atom. The van der Waals surface area contributed by atoms with Crippen LogP contribution in [0.25, 0.3) is 0 Å². The lowest BCUT2D eigenvalue weighted by Gasteiger charge is -2.27. The first kappa shape index (κ1) is 18.1. The standard InChI is InChI=1S/C21H24N2O3/c1-26-13-7-12-22-20(24)19(14-16-8-3-2-4-9-16)23-15-17-10-5-6-11-18(17)21(23)25/h2-6,8-11,19H,7,12-15H2,1H3,(H,22,24). The molecule has 1 aliphatic rings. The van der Waals surface area contributed by atoms with E-state index in [0.717, 1.165) is 17.5 Å². The van der Waals surface area contributed by atoms with Crippen molar-refractivity contribution < 1.29 is 14.3 Å². The number of methoxy groups -OCH3 is 1. The molecular weight excluding hydrogens is 328 g/mol. The van der Waals surface area contributed by atoms with Crippen LogP contribution in [0, 0.1) is 0 Å². The van der Waals surface area contributed by atoms with Crippen LogP contribution in [0.1, 0.15) is 27.9 Å². The second-order valence-electron chi connectivity index (χ2n) is 6.43. The number of rotatable bonds is 8. The summed E-state index contributed by atoms with van der Waals surface area (Å²) >= 11 is 0. The quantitative estimate of drug-likeness (QED) is 0.742. The van der Waals surface area contributed by atoms with Gasteiger partial charge in [0.15, 0.2) is 0 Å². The zero-order valence-corrected chi connectivity index (χ0v) is 15.0. The lowest BCUT2D eigenvalue weighted by molar-refractivity contribution is -0.125. The first-order valence-corrected chi connectivity index (χ1v) is 8.90. The zero-order valence-electron chi connectivity index (χ0n) is 15.0. The molecule has 0 fully saturated rings. The van der Waals surface area contributed by atoms with Gasteiger partial charge in [-0.2, -0.15) is 0 Å². The highest BCUT2D eigenvalue weighted by atomic mass is 16.5. The summed E-state index contributed by atoms with van der Waals surface area (Å²) in [4.78, 5) is 27.4. The SMILES string of the molecule is COCCCNC(=O)C(Cc1ccccc1)N1Cc2ccccc2C1=O. The molecule has 0 bridgehead atoms. The summed E-state index contributed by atoms with van der Waals surface area (Å²) in [7, 11) is 1.64. The van der Waals surface area contributed by atoms with Gasteiger partial charge in [-0.15, -0.1) is 0 Å². The summed E-state index contributed by atoms with van der Waals surface area (Å²) in [5.41, 5.74) is 2.70. The van der Waals surface area contributed by atoms with E-state index in [4.69, 9.17) is 4.74 Å². The Bertz CT molecular complexity index is 761. The van der Waals surface area contributed by atoms with E-state index >= 15 is 0 Å². The van der Waals surface area contributed by atoms with E-state index in [1.165, 1.54) is 0 Å². The van der Waals surface area contributed by atoms with Crippen LogP contribution in [-0.2, 0) is 22.5 Å². The molecule has 5 nitrogen and oxygen atoms in total. The Morgan fingerprint density at radius 2 is 1.88 bits per heavy atom. The number of amides is 2. The Hall–Kier alpha value is -2.66. The number of hydrogen-bond donors (Lipinski definition) is 1. The van der Waals surface area contributed by atoms with Crippen molar-refractivity contribution in [2.75, 3.05) is 20.3 Å². The number of nitrogens with one attached hydrogen (secondary N) is 1. The van der Waals surface area contributed by atoms with Crippen LogP contribution in [-0.4, -0.2) is 43.0 Å². The molecule has 2 amide bonds. The molecule has 3 rings (SSSR count). The smallest absolute Gasteiger partial charge is 0.255 e. The van der Waals surface area contributed by atoms with Gasteiger partial charge in [0.05, 0.1) is 0 Å². The van der Waals surface area contributed by atoms with Crippen LogP contribution < -0.4 is 5.32 Å². The minimum Gasteiger partial charge on any atom is -0.385 e. The number of carbonyl (C=O) groups is 2. The fourth-order valence-electron chi connectivity index (χ4n) is 3.26. The van der Waals surface area contributed by atoms with Gasteiger partial charge in [0.1, 0.15) is 6.04 Å². The van der Waals surface area contributed by atoms with Crippen LogP contribution in [0.5, 0.6) is 0 Å². The van der Waals surface area contributed by atoms with Crippen LogP contribution in [0.4, 0.5) is 0 Å². The van der Waals surface area contributed by atoms with Crippen molar-refractivity contribution in [2.24, 2.45) is 0 Å². The van der Waals surface area contributed by atoms with Gasteiger partial charge in [-0.3, -0.25) is 9.59 Å². The highest BCUT2D eigenvalue weighted by Gasteiger charge is 2.36. The van der Waals surface area contributed by atoms with E-state index in [2.05, 4.69) is 5.32 Å². The summed E-state index contributed by atoms with van der Waals surface area (Å²) in [5.74, 6) is -0.195. The third-order valence-electron chi connectivity index (χ3n) is 4.62. The van der Waals surface area contributed by atoms with Crippen molar-refractivity contribution in [1.82, 2.24) is 10.2 Å². The zero-order chi connectivity index (χ0) is 18.4. The number of nitrogens with zero attached hydrogens (tertiary/aromatic N) is 1. The van der Waals surface area contributed by atoms with Crippen molar-refractivity contribution in [3.63, 3.8) is 0 Å². The third kappa shape index (κ3) is 4.11. The van der Waals surface area contributed by atoms with Crippen molar-refractivity contribution in [3.05, 3.63) is 71.3 Å². The summed E-state index contributed by atoms with van der Waals surface area (Å²) in [5, 5.41) is 2.95. The van der Waals surface area contributed by atoms with Crippen molar-refractivity contribution in [3.8, 4) is 0 Å².